The molecule has 3 unspecified atom stereocenters. The van der Waals surface area contributed by atoms with Gasteiger partial charge in [-0.05, 0) is 45.1 Å². The van der Waals surface area contributed by atoms with E-state index in [4.69, 9.17) is 5.11 Å². The smallest absolute Gasteiger partial charge is 0.304 e. The maximum atomic E-state index is 10.7. The van der Waals surface area contributed by atoms with E-state index in [0.29, 0.717) is 12.5 Å². The molecule has 1 aliphatic carbocycles. The largest absolute Gasteiger partial charge is 0.481 e. The third-order valence-electron chi connectivity index (χ3n) is 4.07. The number of likely N-dealkylation sites (tertiary alicyclic amines) is 1. The molecule has 86 valence electrons. The summed E-state index contributed by atoms with van der Waals surface area (Å²) in [6.45, 7) is 3.17. The number of nitrogens with zero attached hydrogens (tertiary/aromatic N) is 1. The molecule has 1 saturated heterocycles. The van der Waals surface area contributed by atoms with Crippen LogP contribution in [0.5, 0.6) is 0 Å². The lowest BCUT2D eigenvalue weighted by Gasteiger charge is -2.41. The van der Waals surface area contributed by atoms with Gasteiger partial charge in [0.1, 0.15) is 0 Å². The van der Waals surface area contributed by atoms with Crippen molar-refractivity contribution in [2.45, 2.75) is 57.5 Å². The van der Waals surface area contributed by atoms with Gasteiger partial charge in [0.25, 0.3) is 0 Å². The van der Waals surface area contributed by atoms with Crippen LogP contribution in [0, 0.1) is 5.92 Å². The Morgan fingerprint density at radius 1 is 1.40 bits per heavy atom. The minimum atomic E-state index is -0.664. The second-order valence-corrected chi connectivity index (χ2v) is 5.09. The molecule has 3 atom stereocenters. The second-order valence-electron chi connectivity index (χ2n) is 5.09. The molecule has 0 bridgehead atoms. The number of aliphatic carboxylic acids is 1. The van der Waals surface area contributed by atoms with Gasteiger partial charge < -0.3 is 5.11 Å². The third-order valence-corrected chi connectivity index (χ3v) is 4.07. The van der Waals surface area contributed by atoms with Crippen LogP contribution in [-0.2, 0) is 4.79 Å². The lowest BCUT2D eigenvalue weighted by molar-refractivity contribution is -0.138. The lowest BCUT2D eigenvalue weighted by Crippen LogP contribution is -2.48. The Balaban J connectivity index is 1.97. The molecule has 0 spiro atoms. The Labute approximate surface area is 91.5 Å². The van der Waals surface area contributed by atoms with Crippen molar-refractivity contribution in [1.29, 1.82) is 0 Å². The zero-order valence-corrected chi connectivity index (χ0v) is 9.48. The van der Waals surface area contributed by atoms with Crippen LogP contribution in [-0.4, -0.2) is 34.6 Å². The summed E-state index contributed by atoms with van der Waals surface area (Å²) < 4.78 is 0. The normalized spacial score (nSPS) is 33.7. The van der Waals surface area contributed by atoms with E-state index in [1.807, 2.05) is 0 Å². The average Bonchev–Trinajstić information content (AvgIpc) is 2.63. The molecule has 2 fully saturated rings. The van der Waals surface area contributed by atoms with Crippen LogP contribution in [0.3, 0.4) is 0 Å². The van der Waals surface area contributed by atoms with Crippen molar-refractivity contribution < 1.29 is 9.90 Å². The first-order valence-electron chi connectivity index (χ1n) is 6.16. The molecule has 0 amide bonds. The summed E-state index contributed by atoms with van der Waals surface area (Å²) >= 11 is 0. The Morgan fingerprint density at radius 2 is 2.13 bits per heavy atom. The number of hydrogen-bond donors (Lipinski definition) is 1. The monoisotopic (exact) mass is 211 g/mol. The van der Waals surface area contributed by atoms with Gasteiger partial charge in [0, 0.05) is 12.1 Å². The number of carboxylic acids is 1. The van der Waals surface area contributed by atoms with Crippen molar-refractivity contribution in [2.24, 2.45) is 5.92 Å². The van der Waals surface area contributed by atoms with Gasteiger partial charge in [-0.25, -0.2) is 0 Å². The molecule has 2 aliphatic rings. The highest BCUT2D eigenvalue weighted by Gasteiger charge is 2.37. The molecule has 1 saturated carbocycles. The number of piperidine rings is 1. The van der Waals surface area contributed by atoms with E-state index >= 15 is 0 Å². The van der Waals surface area contributed by atoms with Crippen molar-refractivity contribution in [2.75, 3.05) is 6.54 Å². The molecule has 0 aromatic carbocycles. The molecule has 15 heavy (non-hydrogen) atoms. The summed E-state index contributed by atoms with van der Waals surface area (Å²) in [5.41, 5.74) is 0. The average molecular weight is 211 g/mol. The van der Waals surface area contributed by atoms with Gasteiger partial charge in [-0.15, -0.1) is 0 Å². The van der Waals surface area contributed by atoms with E-state index < -0.39 is 5.97 Å². The molecule has 1 aliphatic heterocycles. The summed E-state index contributed by atoms with van der Waals surface area (Å²) in [4.78, 5) is 13.2. The molecule has 3 heteroatoms. The molecule has 0 radical (unpaired) electrons. The van der Waals surface area contributed by atoms with Crippen molar-refractivity contribution in [3.05, 3.63) is 0 Å². The molecular weight excluding hydrogens is 190 g/mol. The molecule has 1 N–H and O–H groups in total. The zero-order valence-electron chi connectivity index (χ0n) is 9.48. The Hall–Kier alpha value is -0.570. The number of carbonyl (C=O) groups is 1. The van der Waals surface area contributed by atoms with E-state index in [1.165, 1.54) is 32.1 Å². The van der Waals surface area contributed by atoms with Crippen molar-refractivity contribution in [3.8, 4) is 0 Å². The van der Waals surface area contributed by atoms with Gasteiger partial charge in [0.2, 0.25) is 0 Å². The predicted molar refractivity (Wildman–Crippen MR) is 58.8 cm³/mol. The van der Waals surface area contributed by atoms with Crippen molar-refractivity contribution >= 4 is 5.97 Å². The number of fused-ring (bicyclic) bond motifs is 1. The van der Waals surface area contributed by atoms with Gasteiger partial charge in [-0.2, -0.15) is 0 Å². The number of carboxylic acid groups (broad SMARTS) is 1. The maximum Gasteiger partial charge on any atom is 0.304 e. The van der Waals surface area contributed by atoms with Crippen LogP contribution in [0.4, 0.5) is 0 Å². The fraction of sp³-hybridized carbons (Fsp3) is 0.917. The molecule has 0 aromatic rings. The van der Waals surface area contributed by atoms with Gasteiger partial charge >= 0.3 is 5.97 Å². The van der Waals surface area contributed by atoms with Crippen LogP contribution < -0.4 is 0 Å². The summed E-state index contributed by atoms with van der Waals surface area (Å²) in [5.74, 6) is 0.192. The molecule has 2 rings (SSSR count). The van der Waals surface area contributed by atoms with Crippen molar-refractivity contribution in [1.82, 2.24) is 4.90 Å². The van der Waals surface area contributed by atoms with E-state index in [1.54, 1.807) is 0 Å². The standard InChI is InChI=1S/C12H21NO2/c1-9(8-12(14)15)13-7-3-5-10-4-2-6-11(10)13/h9-11H,2-8H2,1H3,(H,14,15). The van der Waals surface area contributed by atoms with E-state index in [0.717, 1.165) is 12.5 Å². The van der Waals surface area contributed by atoms with E-state index in [2.05, 4.69) is 11.8 Å². The van der Waals surface area contributed by atoms with Crippen LogP contribution in [0.15, 0.2) is 0 Å². The van der Waals surface area contributed by atoms with Gasteiger partial charge in [0.15, 0.2) is 0 Å². The minimum absolute atomic E-state index is 0.216. The first-order valence-corrected chi connectivity index (χ1v) is 6.16. The molecular formula is C12H21NO2. The highest BCUT2D eigenvalue weighted by Crippen LogP contribution is 2.37. The Morgan fingerprint density at radius 3 is 2.87 bits per heavy atom. The number of hydrogen-bond acceptors (Lipinski definition) is 2. The van der Waals surface area contributed by atoms with Gasteiger partial charge in [-0.1, -0.05) is 6.42 Å². The number of rotatable bonds is 3. The van der Waals surface area contributed by atoms with Gasteiger partial charge in [0.05, 0.1) is 6.42 Å². The van der Waals surface area contributed by atoms with Crippen LogP contribution >= 0.6 is 0 Å². The van der Waals surface area contributed by atoms with E-state index in [-0.39, 0.29) is 6.04 Å². The molecule has 1 heterocycles. The van der Waals surface area contributed by atoms with Gasteiger partial charge in [-0.3, -0.25) is 9.69 Å². The van der Waals surface area contributed by atoms with Crippen molar-refractivity contribution in [3.63, 3.8) is 0 Å². The predicted octanol–water partition coefficient (Wildman–Crippen LogP) is 2.11. The Bertz CT molecular complexity index is 242. The second kappa shape index (κ2) is 4.52. The fourth-order valence-corrected chi connectivity index (χ4v) is 3.41. The highest BCUT2D eigenvalue weighted by atomic mass is 16.4. The lowest BCUT2D eigenvalue weighted by atomic mass is 9.90. The van der Waals surface area contributed by atoms with Crippen LogP contribution in [0.25, 0.3) is 0 Å². The highest BCUT2D eigenvalue weighted by molar-refractivity contribution is 5.67. The van der Waals surface area contributed by atoms with E-state index in [9.17, 15) is 4.79 Å². The summed E-state index contributed by atoms with van der Waals surface area (Å²) in [6, 6.07) is 0.904. The molecule has 0 aromatic heterocycles. The summed E-state index contributed by atoms with van der Waals surface area (Å²) in [7, 11) is 0. The minimum Gasteiger partial charge on any atom is -0.481 e. The topological polar surface area (TPSA) is 40.5 Å². The maximum absolute atomic E-state index is 10.7. The summed E-state index contributed by atoms with van der Waals surface area (Å²) in [5, 5.41) is 8.83. The quantitative estimate of drug-likeness (QED) is 0.777. The first-order chi connectivity index (χ1) is 7.18. The van der Waals surface area contributed by atoms with Crippen LogP contribution in [0.1, 0.15) is 45.4 Å². The molecule has 3 nitrogen and oxygen atoms in total. The first kappa shape index (κ1) is 10.9. The van der Waals surface area contributed by atoms with Crippen LogP contribution in [0.2, 0.25) is 0 Å². The fourth-order valence-electron chi connectivity index (χ4n) is 3.41. The Kier molecular flexibility index (Phi) is 3.29. The zero-order chi connectivity index (χ0) is 10.8. The SMILES string of the molecule is CC(CC(=O)O)N1CCCC2CCCC21. The summed E-state index contributed by atoms with van der Waals surface area (Å²) in [6.07, 6.45) is 6.90. The third kappa shape index (κ3) is 2.33.